The summed E-state index contributed by atoms with van der Waals surface area (Å²) in [5, 5.41) is 11.3. The van der Waals surface area contributed by atoms with E-state index in [1.165, 1.54) is 12.1 Å². The standard InChI is InChI=1S/C27H33FN2O4/c1-16-15-20-22(18-7-9-19(28)10-8-18)21(25(26(31)32)34-27(3,4)5)17(2)23-24(20)30(16)12-11-29(23)13-14-33-6/h7-10,15,25H,11-14H2,1-6H3,(H,31,32)/t25-/m0/s1. The molecule has 34 heavy (non-hydrogen) atoms. The van der Waals surface area contributed by atoms with Gasteiger partial charge in [-0.3, -0.25) is 0 Å². The molecule has 1 aliphatic rings. The van der Waals surface area contributed by atoms with Gasteiger partial charge in [-0.25, -0.2) is 9.18 Å². The molecule has 0 fully saturated rings. The molecule has 6 nitrogen and oxygen atoms in total. The molecule has 2 aromatic carbocycles. The average Bonchev–Trinajstić information content (AvgIpc) is 3.10. The Labute approximate surface area is 199 Å². The molecule has 0 saturated heterocycles. The van der Waals surface area contributed by atoms with Crippen LogP contribution >= 0.6 is 0 Å². The monoisotopic (exact) mass is 468 g/mol. The number of halogens is 1. The lowest BCUT2D eigenvalue weighted by molar-refractivity contribution is -0.160. The predicted octanol–water partition coefficient (Wildman–Crippen LogP) is 5.47. The van der Waals surface area contributed by atoms with Gasteiger partial charge in [-0.05, 0) is 69.5 Å². The van der Waals surface area contributed by atoms with Gasteiger partial charge in [-0.15, -0.1) is 0 Å². The third-order valence-electron chi connectivity index (χ3n) is 6.39. The Morgan fingerprint density at radius 2 is 1.85 bits per heavy atom. The fraction of sp³-hybridized carbons (Fsp3) is 0.444. The zero-order chi connectivity index (χ0) is 24.8. The Morgan fingerprint density at radius 1 is 1.18 bits per heavy atom. The lowest BCUT2D eigenvalue weighted by atomic mass is 9.87. The first-order chi connectivity index (χ1) is 16.0. The summed E-state index contributed by atoms with van der Waals surface area (Å²) in [6.07, 6.45) is -1.18. The number of ether oxygens (including phenoxy) is 2. The summed E-state index contributed by atoms with van der Waals surface area (Å²) in [4.78, 5) is 14.9. The molecule has 0 bridgehead atoms. The second-order valence-corrected chi connectivity index (χ2v) is 9.90. The van der Waals surface area contributed by atoms with Crippen LogP contribution in [0.2, 0.25) is 0 Å². The van der Waals surface area contributed by atoms with Crippen molar-refractivity contribution in [2.45, 2.75) is 52.9 Å². The van der Waals surface area contributed by atoms with Gasteiger partial charge in [0.05, 0.1) is 23.4 Å². The fourth-order valence-corrected chi connectivity index (χ4v) is 5.03. The van der Waals surface area contributed by atoms with Crippen molar-refractivity contribution in [1.82, 2.24) is 4.57 Å². The Hall–Kier alpha value is -2.90. The normalized spacial score (nSPS) is 14.6. The quantitative estimate of drug-likeness (QED) is 0.498. The maximum absolute atomic E-state index is 13.8. The molecular formula is C27H33FN2O4. The number of benzene rings is 2. The molecule has 182 valence electrons. The number of carboxylic acid groups (broad SMARTS) is 1. The summed E-state index contributed by atoms with van der Waals surface area (Å²) in [5.41, 5.74) is 5.52. The van der Waals surface area contributed by atoms with Gasteiger partial charge in [0.2, 0.25) is 0 Å². The molecule has 0 amide bonds. The SMILES string of the molecule is COCCN1CCn2c(C)cc3c(-c4ccc(F)cc4)c([C@H](OC(C)(C)C)C(=O)O)c(C)c1c32. The number of carboxylic acids is 1. The molecule has 0 unspecified atom stereocenters. The van der Waals surface area contributed by atoms with Crippen molar-refractivity contribution in [2.24, 2.45) is 0 Å². The Bertz CT molecular complexity index is 1220. The maximum Gasteiger partial charge on any atom is 0.337 e. The van der Waals surface area contributed by atoms with Crippen LogP contribution in [0.3, 0.4) is 0 Å². The Morgan fingerprint density at radius 3 is 2.44 bits per heavy atom. The molecule has 0 spiro atoms. The largest absolute Gasteiger partial charge is 0.479 e. The number of nitrogens with zero attached hydrogens (tertiary/aromatic N) is 2. The maximum atomic E-state index is 13.8. The fourth-order valence-electron chi connectivity index (χ4n) is 5.03. The summed E-state index contributed by atoms with van der Waals surface area (Å²) in [6, 6.07) is 8.36. The second kappa shape index (κ2) is 9.04. The zero-order valence-corrected chi connectivity index (χ0v) is 20.7. The molecule has 3 aromatic rings. The minimum atomic E-state index is -1.18. The highest BCUT2D eigenvalue weighted by Crippen LogP contribution is 2.47. The van der Waals surface area contributed by atoms with Crippen LogP contribution in [0.5, 0.6) is 0 Å². The summed E-state index contributed by atoms with van der Waals surface area (Å²) in [7, 11) is 1.68. The summed E-state index contributed by atoms with van der Waals surface area (Å²) in [6.45, 7) is 12.5. The van der Waals surface area contributed by atoms with Gasteiger partial charge in [-0.1, -0.05) is 12.1 Å². The van der Waals surface area contributed by atoms with E-state index in [-0.39, 0.29) is 5.82 Å². The van der Waals surface area contributed by atoms with E-state index in [1.54, 1.807) is 19.2 Å². The lowest BCUT2D eigenvalue weighted by Crippen LogP contribution is -2.36. The number of aliphatic carboxylic acids is 1. The second-order valence-electron chi connectivity index (χ2n) is 9.90. The molecular weight excluding hydrogens is 435 g/mol. The van der Waals surface area contributed by atoms with Crippen LogP contribution in [0.4, 0.5) is 10.1 Å². The zero-order valence-electron chi connectivity index (χ0n) is 20.7. The van der Waals surface area contributed by atoms with Crippen molar-refractivity contribution in [3.8, 4) is 11.1 Å². The van der Waals surface area contributed by atoms with Gasteiger partial charge in [-0.2, -0.15) is 0 Å². The predicted molar refractivity (Wildman–Crippen MR) is 132 cm³/mol. The van der Waals surface area contributed by atoms with E-state index >= 15 is 0 Å². The van der Waals surface area contributed by atoms with Crippen LogP contribution in [0, 0.1) is 19.7 Å². The van der Waals surface area contributed by atoms with Crippen LogP contribution in [-0.2, 0) is 20.8 Å². The number of aryl methyl sites for hydroxylation is 1. The van der Waals surface area contributed by atoms with Crippen LogP contribution < -0.4 is 4.90 Å². The number of anilines is 1. The van der Waals surface area contributed by atoms with E-state index in [4.69, 9.17) is 9.47 Å². The molecule has 1 N–H and O–H groups in total. The molecule has 2 heterocycles. The van der Waals surface area contributed by atoms with Gasteiger partial charge in [0, 0.05) is 43.4 Å². The van der Waals surface area contributed by atoms with Gasteiger partial charge in [0.25, 0.3) is 0 Å². The van der Waals surface area contributed by atoms with Crippen molar-refractivity contribution in [3.05, 3.63) is 53.0 Å². The van der Waals surface area contributed by atoms with E-state index < -0.39 is 17.7 Å². The minimum absolute atomic E-state index is 0.337. The third-order valence-corrected chi connectivity index (χ3v) is 6.39. The number of carbonyl (C=O) groups is 1. The highest BCUT2D eigenvalue weighted by atomic mass is 19.1. The summed E-state index contributed by atoms with van der Waals surface area (Å²) >= 11 is 0. The van der Waals surface area contributed by atoms with Crippen LogP contribution in [0.1, 0.15) is 43.7 Å². The van der Waals surface area contributed by atoms with Gasteiger partial charge in [0.15, 0.2) is 6.10 Å². The molecule has 1 aromatic heterocycles. The van der Waals surface area contributed by atoms with E-state index in [9.17, 15) is 14.3 Å². The smallest absolute Gasteiger partial charge is 0.337 e. The molecule has 0 saturated carbocycles. The minimum Gasteiger partial charge on any atom is -0.479 e. The Kier molecular flexibility index (Phi) is 6.44. The molecule has 0 radical (unpaired) electrons. The van der Waals surface area contributed by atoms with Crippen molar-refractivity contribution in [1.29, 1.82) is 0 Å². The molecule has 7 heteroatoms. The van der Waals surface area contributed by atoms with Crippen LogP contribution in [-0.4, -0.2) is 48.1 Å². The van der Waals surface area contributed by atoms with E-state index in [2.05, 4.69) is 22.5 Å². The van der Waals surface area contributed by atoms with Crippen molar-refractivity contribution < 1.29 is 23.8 Å². The average molecular weight is 469 g/mol. The lowest BCUT2D eigenvalue weighted by Gasteiger charge is -2.36. The number of rotatable bonds is 7. The molecule has 0 aliphatic carbocycles. The number of aromatic nitrogens is 1. The third kappa shape index (κ3) is 4.30. The number of hydrogen-bond donors (Lipinski definition) is 1. The molecule has 4 rings (SSSR count). The Balaban J connectivity index is 2.12. The number of methoxy groups -OCH3 is 1. The molecule has 1 aliphatic heterocycles. The first kappa shape index (κ1) is 24.2. The number of hydrogen-bond acceptors (Lipinski definition) is 4. The molecule has 1 atom stereocenters. The topological polar surface area (TPSA) is 63.9 Å². The summed E-state index contributed by atoms with van der Waals surface area (Å²) in [5.74, 6) is -1.39. The van der Waals surface area contributed by atoms with Crippen LogP contribution in [0.25, 0.3) is 22.0 Å². The first-order valence-corrected chi connectivity index (χ1v) is 11.6. The first-order valence-electron chi connectivity index (χ1n) is 11.6. The highest BCUT2D eigenvalue weighted by molar-refractivity contribution is 6.07. The van der Waals surface area contributed by atoms with E-state index in [0.717, 1.165) is 52.1 Å². The van der Waals surface area contributed by atoms with E-state index in [0.29, 0.717) is 18.7 Å². The van der Waals surface area contributed by atoms with Gasteiger partial charge < -0.3 is 24.0 Å². The van der Waals surface area contributed by atoms with Crippen LogP contribution in [0.15, 0.2) is 30.3 Å². The highest BCUT2D eigenvalue weighted by Gasteiger charge is 2.35. The van der Waals surface area contributed by atoms with Gasteiger partial charge in [0.1, 0.15) is 5.82 Å². The van der Waals surface area contributed by atoms with Crippen molar-refractivity contribution in [2.75, 3.05) is 31.7 Å². The van der Waals surface area contributed by atoms with Crippen molar-refractivity contribution in [3.63, 3.8) is 0 Å². The van der Waals surface area contributed by atoms with Gasteiger partial charge >= 0.3 is 5.97 Å². The summed E-state index contributed by atoms with van der Waals surface area (Å²) < 4.78 is 27.6. The van der Waals surface area contributed by atoms with Crippen molar-refractivity contribution >= 4 is 22.6 Å². The van der Waals surface area contributed by atoms with E-state index in [1.807, 2.05) is 27.7 Å².